The van der Waals surface area contributed by atoms with Crippen molar-refractivity contribution in [1.29, 1.82) is 0 Å². The van der Waals surface area contributed by atoms with Crippen LogP contribution >= 0.6 is 0 Å². The molecule has 3 N–H and O–H groups in total. The summed E-state index contributed by atoms with van der Waals surface area (Å²) < 4.78 is 29.2. The Hall–Kier alpha value is -2.59. The van der Waals surface area contributed by atoms with E-state index in [0.717, 1.165) is 24.5 Å². The Kier molecular flexibility index (Phi) is 32.3. The summed E-state index contributed by atoms with van der Waals surface area (Å²) in [5, 5.41) is 9.37. The Morgan fingerprint density at radius 3 is 2.11 bits per heavy atom. The fourth-order valence-electron chi connectivity index (χ4n) is 2.81. The van der Waals surface area contributed by atoms with E-state index in [2.05, 4.69) is 40.6 Å². The van der Waals surface area contributed by atoms with Gasteiger partial charge in [0.2, 0.25) is 11.8 Å². The molecule has 0 aliphatic heterocycles. The number of aryl methyl sites for hydroxylation is 2. The molecule has 2 amide bonds. The Morgan fingerprint density at radius 2 is 1.61 bits per heavy atom. The molecule has 1 aromatic heterocycles. The average molecular weight is 592 g/mol. The minimum atomic E-state index is -0.512. The Morgan fingerprint density at radius 1 is 1.03 bits per heavy atom. The van der Waals surface area contributed by atoms with Gasteiger partial charge in [0, 0.05) is 38.8 Å². The first-order valence-electron chi connectivity index (χ1n) is 10.5. The molecule has 1 aromatic rings. The zero-order chi connectivity index (χ0) is 27.6. The number of amides is 2. The van der Waals surface area contributed by atoms with Gasteiger partial charge in [-0.05, 0) is 46.3 Å². The average Bonchev–Trinajstić information content (AvgIpc) is 3.20. The van der Waals surface area contributed by atoms with Crippen molar-refractivity contribution in [2.24, 2.45) is 0 Å². The summed E-state index contributed by atoms with van der Waals surface area (Å²) >= 11 is 0. The number of aromatic nitrogens is 2. The van der Waals surface area contributed by atoms with E-state index >= 15 is 0 Å². The van der Waals surface area contributed by atoms with E-state index in [1.807, 2.05) is 24.6 Å². The molecule has 0 aliphatic rings. The molecule has 36 heavy (non-hydrogen) atoms. The zero-order valence-electron chi connectivity index (χ0n) is 20.7. The van der Waals surface area contributed by atoms with Crippen molar-refractivity contribution < 1.29 is 53.2 Å². The Labute approximate surface area is 225 Å². The number of hydrogen-bond acceptors (Lipinski definition) is 6. The predicted molar refractivity (Wildman–Crippen MR) is 121 cm³/mol. The van der Waals surface area contributed by atoms with Gasteiger partial charge in [-0.15, -0.1) is 6.54 Å². The summed E-state index contributed by atoms with van der Waals surface area (Å²) in [7, 11) is 0. The second-order valence-corrected chi connectivity index (χ2v) is 6.70. The molecule has 1 radical (unpaired) electrons. The molecule has 0 aliphatic carbocycles. The molecule has 0 aromatic carbocycles. The van der Waals surface area contributed by atoms with Crippen LogP contribution in [-0.4, -0.2) is 78.3 Å². The third-order valence-electron chi connectivity index (χ3n) is 4.22. The molecule has 0 saturated carbocycles. The molecule has 201 valence electrons. The molecular formula is C22H33N6O7Tc-. The normalized spacial score (nSPS) is 8.86. The van der Waals surface area contributed by atoms with Gasteiger partial charge in [-0.1, -0.05) is 0 Å². The van der Waals surface area contributed by atoms with E-state index in [1.54, 1.807) is 6.92 Å². The van der Waals surface area contributed by atoms with Gasteiger partial charge in [0.1, 0.15) is 6.54 Å². The number of nitrogens with zero attached hydrogens (tertiary/aromatic N) is 3. The SMILES string of the molecule is CCOC(=O)CNC(=O)CNC(=O)CCCN(CC[NH-])CCn1nc(C)cc1C.[99Tc].[C-]#[O+].[C-]#[O+].[C-]#[O+]. The minimum absolute atomic E-state index is 0. The number of ether oxygens (including phenoxy) is 1. The Bertz CT molecular complexity index is 781. The van der Waals surface area contributed by atoms with Gasteiger partial charge in [-0.3, -0.25) is 19.1 Å². The van der Waals surface area contributed by atoms with Crippen molar-refractivity contribution in [3.05, 3.63) is 43.1 Å². The quantitative estimate of drug-likeness (QED) is 0.178. The van der Waals surface area contributed by atoms with Crippen LogP contribution in [0.1, 0.15) is 31.2 Å². The van der Waals surface area contributed by atoms with Gasteiger partial charge < -0.3 is 26.0 Å². The third kappa shape index (κ3) is 21.9. The zero-order valence-corrected chi connectivity index (χ0v) is 22.6. The summed E-state index contributed by atoms with van der Waals surface area (Å²) in [6, 6.07) is 2.03. The summed E-state index contributed by atoms with van der Waals surface area (Å²) in [5.74, 6) is -1.17. The predicted octanol–water partition coefficient (Wildman–Crippen LogP) is 0.315. The first kappa shape index (κ1) is 40.6. The monoisotopic (exact) mass is 592 g/mol. The van der Waals surface area contributed by atoms with Crippen LogP contribution in [0.25, 0.3) is 5.73 Å². The van der Waals surface area contributed by atoms with Gasteiger partial charge in [0.05, 0.1) is 25.4 Å². The van der Waals surface area contributed by atoms with Crippen LogP contribution in [0, 0.1) is 33.8 Å². The third-order valence-corrected chi connectivity index (χ3v) is 4.22. The van der Waals surface area contributed by atoms with Crippen molar-refractivity contribution in [2.45, 2.75) is 40.2 Å². The molecule has 0 atom stereocenters. The number of hydrogen-bond donors (Lipinski definition) is 2. The fraction of sp³-hybridized carbons (Fsp3) is 0.591. The topological polar surface area (TPSA) is 189 Å². The molecular weight excluding hydrogens is 559 g/mol. The van der Waals surface area contributed by atoms with Crippen molar-refractivity contribution in [2.75, 3.05) is 45.9 Å². The molecule has 0 saturated heterocycles. The molecule has 1 heterocycles. The summed E-state index contributed by atoms with van der Waals surface area (Å²) in [6.45, 7) is 22.2. The maximum absolute atomic E-state index is 11.9. The molecule has 0 spiro atoms. The molecule has 0 bridgehead atoms. The van der Waals surface area contributed by atoms with Crippen LogP contribution in [0.2, 0.25) is 0 Å². The van der Waals surface area contributed by atoms with Gasteiger partial charge in [-0.2, -0.15) is 5.10 Å². The van der Waals surface area contributed by atoms with Crippen molar-refractivity contribution in [3.63, 3.8) is 0 Å². The number of nitrogens with one attached hydrogen (secondary N) is 3. The van der Waals surface area contributed by atoms with E-state index in [-0.39, 0.29) is 45.7 Å². The number of carbonyl (C=O) groups is 3. The molecule has 0 unspecified atom stereocenters. The Balaban J connectivity index is -0.000000677. The van der Waals surface area contributed by atoms with Crippen molar-refractivity contribution in [1.82, 2.24) is 25.3 Å². The molecule has 0 fully saturated rings. The molecule has 14 heteroatoms. The van der Waals surface area contributed by atoms with E-state index in [4.69, 9.17) is 24.4 Å². The first-order chi connectivity index (χ1) is 16.8. The summed E-state index contributed by atoms with van der Waals surface area (Å²) in [6.07, 6.45) is 0.924. The number of rotatable bonds is 14. The van der Waals surface area contributed by atoms with Gasteiger partial charge in [-0.25, -0.2) is 0 Å². The second-order valence-electron chi connectivity index (χ2n) is 6.70. The number of esters is 1. The fourth-order valence-corrected chi connectivity index (χ4v) is 2.81. The van der Waals surface area contributed by atoms with E-state index in [0.29, 0.717) is 32.5 Å². The van der Waals surface area contributed by atoms with E-state index in [1.165, 1.54) is 0 Å². The van der Waals surface area contributed by atoms with Crippen LogP contribution in [0.4, 0.5) is 0 Å². The van der Waals surface area contributed by atoms with Crippen LogP contribution in [-0.2, 0) is 59.7 Å². The van der Waals surface area contributed by atoms with Crippen LogP contribution in [0.5, 0.6) is 0 Å². The summed E-state index contributed by atoms with van der Waals surface area (Å²) in [4.78, 5) is 36.8. The van der Waals surface area contributed by atoms with Gasteiger partial charge >= 0.3 is 39.9 Å². The second kappa shape index (κ2) is 28.6. The molecule has 1 rings (SSSR count). The van der Waals surface area contributed by atoms with Crippen molar-refractivity contribution >= 4 is 17.8 Å². The van der Waals surface area contributed by atoms with Gasteiger partial charge in [0.25, 0.3) is 0 Å². The van der Waals surface area contributed by atoms with Crippen LogP contribution in [0.3, 0.4) is 0 Å². The standard InChI is InChI=1S/C19H33N6O4.3CO.Tc/c1-4-29-19(28)14-22-18(27)13-21-17(26)6-5-8-24(9-7-20)10-11-25-16(3)12-15(2)23-25;3*1-2;/h12,20H,4-11,13-14H2,1-3H3,(H,21,26)(H,22,27);;;;/q-1;;;;/i;;;;1+1. The molecule has 13 nitrogen and oxygen atoms in total. The first-order valence-corrected chi connectivity index (χ1v) is 10.5. The summed E-state index contributed by atoms with van der Waals surface area (Å²) in [5.41, 5.74) is 9.56. The van der Waals surface area contributed by atoms with Gasteiger partial charge in [0.15, 0.2) is 0 Å². The van der Waals surface area contributed by atoms with Crippen LogP contribution < -0.4 is 10.6 Å². The maximum atomic E-state index is 11.9. The van der Waals surface area contributed by atoms with Crippen LogP contribution in [0.15, 0.2) is 6.07 Å². The van der Waals surface area contributed by atoms with E-state index in [9.17, 15) is 14.4 Å². The van der Waals surface area contributed by atoms with Crippen molar-refractivity contribution in [3.8, 4) is 0 Å². The number of carbonyl (C=O) groups excluding carboxylic acids is 3. The van der Waals surface area contributed by atoms with E-state index < -0.39 is 11.9 Å².